The number of benzene rings is 1. The van der Waals surface area contributed by atoms with Gasteiger partial charge in [0.25, 0.3) is 0 Å². The Morgan fingerprint density at radius 1 is 1.25 bits per heavy atom. The zero-order valence-corrected chi connectivity index (χ0v) is 12.3. The highest BCUT2D eigenvalue weighted by Crippen LogP contribution is 2.22. The number of carboxylic acids is 1. The smallest absolute Gasteiger partial charge is 0.310 e. The van der Waals surface area contributed by atoms with Gasteiger partial charge in [-0.05, 0) is 30.9 Å². The molecule has 2 atom stereocenters. The summed E-state index contributed by atoms with van der Waals surface area (Å²) < 4.78 is 0. The van der Waals surface area contributed by atoms with Crippen molar-refractivity contribution in [3.63, 3.8) is 0 Å². The maximum absolute atomic E-state index is 11.2. The lowest BCUT2D eigenvalue weighted by atomic mass is 9.93. The van der Waals surface area contributed by atoms with E-state index in [0.29, 0.717) is 6.42 Å². The minimum atomic E-state index is -0.772. The van der Waals surface area contributed by atoms with Crippen LogP contribution >= 0.6 is 0 Å². The van der Waals surface area contributed by atoms with Gasteiger partial charge < -0.3 is 10.4 Å². The Balaban J connectivity index is 2.72. The molecule has 0 saturated heterocycles. The van der Waals surface area contributed by atoms with Gasteiger partial charge in [-0.1, -0.05) is 37.6 Å². The van der Waals surface area contributed by atoms with Crippen molar-refractivity contribution in [1.29, 1.82) is 0 Å². The molecule has 1 aromatic rings. The van der Waals surface area contributed by atoms with Gasteiger partial charge in [0.2, 0.25) is 5.91 Å². The van der Waals surface area contributed by atoms with Crippen molar-refractivity contribution in [3.8, 4) is 0 Å². The summed E-state index contributed by atoms with van der Waals surface area (Å²) in [5.74, 6) is -1.24. The molecule has 0 aliphatic rings. The highest BCUT2D eigenvalue weighted by molar-refractivity contribution is 5.76. The third kappa shape index (κ3) is 5.03. The third-order valence-electron chi connectivity index (χ3n) is 3.25. The molecule has 0 spiro atoms. The molecule has 1 aromatic carbocycles. The van der Waals surface area contributed by atoms with Gasteiger partial charge in [0.1, 0.15) is 0 Å². The maximum Gasteiger partial charge on any atom is 0.310 e. The van der Waals surface area contributed by atoms with E-state index in [0.717, 1.165) is 24.0 Å². The van der Waals surface area contributed by atoms with E-state index in [1.807, 2.05) is 38.1 Å². The van der Waals surface area contributed by atoms with Gasteiger partial charge >= 0.3 is 5.97 Å². The molecule has 0 aliphatic carbocycles. The quantitative estimate of drug-likeness (QED) is 0.805. The molecule has 0 fully saturated rings. The number of carbonyl (C=O) groups is 2. The molecular formula is C16H23NO3. The van der Waals surface area contributed by atoms with Gasteiger partial charge in [-0.2, -0.15) is 0 Å². The van der Waals surface area contributed by atoms with E-state index < -0.39 is 11.9 Å². The Morgan fingerprint density at radius 3 is 2.30 bits per heavy atom. The van der Waals surface area contributed by atoms with Crippen LogP contribution in [0.1, 0.15) is 50.7 Å². The van der Waals surface area contributed by atoms with Crippen LogP contribution in [0.5, 0.6) is 0 Å². The van der Waals surface area contributed by atoms with E-state index in [2.05, 4.69) is 5.32 Å². The molecule has 1 rings (SSSR count). The SMILES string of the molecule is CCCC(C(=O)O)c1ccc(CC(C)NC(C)=O)cc1. The number of rotatable bonds is 7. The first-order chi connectivity index (χ1) is 9.43. The van der Waals surface area contributed by atoms with E-state index >= 15 is 0 Å². The molecular weight excluding hydrogens is 254 g/mol. The van der Waals surface area contributed by atoms with E-state index in [1.54, 1.807) is 0 Å². The summed E-state index contributed by atoms with van der Waals surface area (Å²) in [6.07, 6.45) is 2.24. The van der Waals surface area contributed by atoms with E-state index in [4.69, 9.17) is 0 Å². The first kappa shape index (κ1) is 16.2. The number of carbonyl (C=O) groups excluding carboxylic acids is 1. The van der Waals surface area contributed by atoms with Gasteiger partial charge in [0.05, 0.1) is 5.92 Å². The summed E-state index contributed by atoms with van der Waals surface area (Å²) in [6, 6.07) is 7.72. The Morgan fingerprint density at radius 2 is 1.85 bits per heavy atom. The molecule has 0 bridgehead atoms. The van der Waals surface area contributed by atoms with E-state index in [-0.39, 0.29) is 11.9 Å². The van der Waals surface area contributed by atoms with Crippen LogP contribution in [0.3, 0.4) is 0 Å². The standard InChI is InChI=1S/C16H23NO3/c1-4-5-15(16(19)20)14-8-6-13(7-9-14)10-11(2)17-12(3)18/h6-9,11,15H,4-5,10H2,1-3H3,(H,17,18)(H,19,20). The first-order valence-electron chi connectivity index (χ1n) is 7.02. The second kappa shape index (κ2) is 7.68. The fourth-order valence-electron chi connectivity index (χ4n) is 2.36. The van der Waals surface area contributed by atoms with Crippen LogP contribution < -0.4 is 5.32 Å². The highest BCUT2D eigenvalue weighted by Gasteiger charge is 2.18. The van der Waals surface area contributed by atoms with E-state index in [1.165, 1.54) is 6.92 Å². The normalized spacial score (nSPS) is 13.6. The van der Waals surface area contributed by atoms with Gasteiger partial charge in [0.15, 0.2) is 0 Å². The van der Waals surface area contributed by atoms with Crippen molar-refractivity contribution in [2.75, 3.05) is 0 Å². The molecule has 4 heteroatoms. The van der Waals surface area contributed by atoms with Crippen LogP contribution in [0.15, 0.2) is 24.3 Å². The van der Waals surface area contributed by atoms with Crippen molar-refractivity contribution in [3.05, 3.63) is 35.4 Å². The van der Waals surface area contributed by atoms with Crippen LogP contribution in [-0.4, -0.2) is 23.0 Å². The van der Waals surface area contributed by atoms with E-state index in [9.17, 15) is 14.7 Å². The molecule has 0 aromatic heterocycles. The van der Waals surface area contributed by atoms with Gasteiger partial charge in [0, 0.05) is 13.0 Å². The van der Waals surface area contributed by atoms with Crippen molar-refractivity contribution >= 4 is 11.9 Å². The van der Waals surface area contributed by atoms with Gasteiger partial charge in [-0.15, -0.1) is 0 Å². The lowest BCUT2D eigenvalue weighted by Crippen LogP contribution is -2.32. The zero-order chi connectivity index (χ0) is 15.1. The lowest BCUT2D eigenvalue weighted by Gasteiger charge is -2.14. The summed E-state index contributed by atoms with van der Waals surface area (Å²) in [4.78, 5) is 22.2. The molecule has 0 saturated carbocycles. The second-order valence-electron chi connectivity index (χ2n) is 5.23. The molecule has 0 heterocycles. The number of hydrogen-bond acceptors (Lipinski definition) is 2. The number of aliphatic carboxylic acids is 1. The Hall–Kier alpha value is -1.84. The molecule has 110 valence electrons. The Bertz CT molecular complexity index is 453. The van der Waals surface area contributed by atoms with Crippen LogP contribution in [0, 0.1) is 0 Å². The Labute approximate surface area is 120 Å². The van der Waals surface area contributed by atoms with Crippen molar-refractivity contribution in [2.24, 2.45) is 0 Å². The summed E-state index contributed by atoms with van der Waals surface area (Å²) >= 11 is 0. The van der Waals surface area contributed by atoms with Crippen LogP contribution in [0.25, 0.3) is 0 Å². The zero-order valence-electron chi connectivity index (χ0n) is 12.3. The monoisotopic (exact) mass is 277 g/mol. The van der Waals surface area contributed by atoms with Crippen molar-refractivity contribution < 1.29 is 14.7 Å². The predicted octanol–water partition coefficient (Wildman–Crippen LogP) is 2.72. The minimum absolute atomic E-state index is 0.0389. The fraction of sp³-hybridized carbons (Fsp3) is 0.500. The highest BCUT2D eigenvalue weighted by atomic mass is 16.4. The molecule has 0 aliphatic heterocycles. The average Bonchev–Trinajstić information content (AvgIpc) is 2.35. The summed E-state index contributed by atoms with van der Waals surface area (Å²) in [5, 5.41) is 12.1. The summed E-state index contributed by atoms with van der Waals surface area (Å²) in [5.41, 5.74) is 1.94. The number of hydrogen-bond donors (Lipinski definition) is 2. The molecule has 2 N–H and O–H groups in total. The number of carboxylic acid groups (broad SMARTS) is 1. The molecule has 0 radical (unpaired) electrons. The van der Waals surface area contributed by atoms with Gasteiger partial charge in [-0.3, -0.25) is 9.59 Å². The summed E-state index contributed by atoms with van der Waals surface area (Å²) in [7, 11) is 0. The minimum Gasteiger partial charge on any atom is -0.481 e. The van der Waals surface area contributed by atoms with Gasteiger partial charge in [-0.25, -0.2) is 0 Å². The molecule has 4 nitrogen and oxygen atoms in total. The number of amides is 1. The largest absolute Gasteiger partial charge is 0.481 e. The average molecular weight is 277 g/mol. The third-order valence-corrected chi connectivity index (χ3v) is 3.25. The molecule has 20 heavy (non-hydrogen) atoms. The lowest BCUT2D eigenvalue weighted by molar-refractivity contribution is -0.139. The van der Waals surface area contributed by atoms with Crippen molar-refractivity contribution in [1.82, 2.24) is 5.32 Å². The summed E-state index contributed by atoms with van der Waals surface area (Å²) in [6.45, 7) is 5.44. The topological polar surface area (TPSA) is 66.4 Å². The van der Waals surface area contributed by atoms with Crippen LogP contribution in [-0.2, 0) is 16.0 Å². The Kier molecular flexibility index (Phi) is 6.22. The molecule has 1 amide bonds. The molecule has 2 unspecified atom stereocenters. The van der Waals surface area contributed by atoms with Crippen LogP contribution in [0.2, 0.25) is 0 Å². The first-order valence-corrected chi connectivity index (χ1v) is 7.02. The maximum atomic E-state index is 11.2. The fourth-order valence-corrected chi connectivity index (χ4v) is 2.36. The predicted molar refractivity (Wildman–Crippen MR) is 78.7 cm³/mol. The second-order valence-corrected chi connectivity index (χ2v) is 5.23. The van der Waals surface area contributed by atoms with Crippen molar-refractivity contribution in [2.45, 2.75) is 52.0 Å². The number of nitrogens with one attached hydrogen (secondary N) is 1. The van der Waals surface area contributed by atoms with Crippen LogP contribution in [0.4, 0.5) is 0 Å².